The molecule has 0 radical (unpaired) electrons. The van der Waals surface area contributed by atoms with Gasteiger partial charge in [-0.2, -0.15) is 0 Å². The third kappa shape index (κ3) is 21.3. The summed E-state index contributed by atoms with van der Waals surface area (Å²) in [6, 6.07) is 27.8. The zero-order valence-electron chi connectivity index (χ0n) is 26.5. The van der Waals surface area contributed by atoms with Crippen molar-refractivity contribution < 1.29 is 64.4 Å². The second-order valence-electron chi connectivity index (χ2n) is 7.36. The minimum absolute atomic E-state index is 0. The van der Waals surface area contributed by atoms with Crippen molar-refractivity contribution >= 4 is 61.5 Å². The molecule has 0 aliphatic heterocycles. The number of anilines is 2. The molecule has 252 valence electrons. The van der Waals surface area contributed by atoms with Crippen LogP contribution in [0.4, 0.5) is 16.2 Å². The van der Waals surface area contributed by atoms with E-state index < -0.39 is 16.2 Å². The van der Waals surface area contributed by atoms with Gasteiger partial charge in [0, 0.05) is 0 Å². The van der Waals surface area contributed by atoms with Gasteiger partial charge in [-0.25, -0.2) is 9.59 Å². The van der Waals surface area contributed by atoms with E-state index >= 15 is 0 Å². The van der Waals surface area contributed by atoms with Crippen LogP contribution in [-0.2, 0) is 0 Å². The number of hydrogen-bond acceptors (Lipinski definition) is 10. The van der Waals surface area contributed by atoms with Crippen LogP contribution in [0.1, 0.15) is 27.7 Å². The molecule has 2 heterocycles. The van der Waals surface area contributed by atoms with Crippen molar-refractivity contribution in [1.82, 2.24) is 9.97 Å². The Morgan fingerprint density at radius 3 is 1.11 bits per heavy atom. The number of carbonyl (C=O) groups excluding carboxylic acids is 1. The first kappa shape index (κ1) is 49.7. The fourth-order valence-corrected chi connectivity index (χ4v) is 2.76. The average Bonchev–Trinajstić information content (AvgIpc) is 3.59. The number of oxazole rings is 2. The summed E-state index contributed by atoms with van der Waals surface area (Å²) < 4.78 is 8.62. The summed E-state index contributed by atoms with van der Waals surface area (Å²) in [6.45, 7) is 8.00. The van der Waals surface area contributed by atoms with E-state index in [1.807, 2.05) is 52.0 Å². The number of rotatable bonds is 0. The Balaban J connectivity index is -0.000000241. The van der Waals surface area contributed by atoms with Gasteiger partial charge in [0.2, 0.25) is 0 Å². The maximum atomic E-state index is 10.6. The van der Waals surface area contributed by atoms with Crippen LogP contribution in [0.15, 0.2) is 115 Å². The minimum atomic E-state index is -0.889. The molecule has 0 bridgehead atoms. The number of nitrogens with one attached hydrogen (secondary N) is 2. The Labute approximate surface area is 303 Å². The molecule has 6 aromatic rings. The molecule has 0 saturated carbocycles. The monoisotopic (exact) mass is 704 g/mol. The summed E-state index contributed by atoms with van der Waals surface area (Å²) in [7, 11) is 0. The predicted octanol–water partition coefficient (Wildman–Crippen LogP) is 3.83. The van der Waals surface area contributed by atoms with Crippen LogP contribution in [0.2, 0.25) is 0 Å². The van der Waals surface area contributed by atoms with Gasteiger partial charge in [-0.15, -0.1) is 0 Å². The van der Waals surface area contributed by atoms with Gasteiger partial charge in [0.15, 0.2) is 11.2 Å². The summed E-state index contributed by atoms with van der Waals surface area (Å²) in [4.78, 5) is 35.2. The number of nitrogen functional groups attached to an aromatic ring is 2. The number of aromatic nitrogens is 2. The first-order chi connectivity index (χ1) is 21.1. The molecule has 11 N–H and O–H groups in total. The number of fused-ring (bicyclic) bond motifs is 2. The molecule has 0 unspecified atom stereocenters. The average molecular weight is 706 g/mol. The third-order valence-electron chi connectivity index (χ3n) is 4.53. The van der Waals surface area contributed by atoms with Crippen LogP contribution in [0.5, 0.6) is 11.5 Å². The number of hydrogen-bond donors (Lipinski definition) is 6. The topological polar surface area (TPSA) is 263 Å². The molecular formula is C31H39Cl2N4NaO9. The van der Waals surface area contributed by atoms with E-state index in [-0.39, 0.29) is 52.0 Å². The van der Waals surface area contributed by atoms with Gasteiger partial charge in [-0.05, 0) is 71.7 Å². The number of phenolic OH excluding ortho intramolecular Hbond substituents is 2. The Morgan fingerprint density at radius 1 is 0.617 bits per heavy atom. The van der Waals surface area contributed by atoms with Crippen LogP contribution in [-0.4, -0.2) is 35.8 Å². The van der Waals surface area contributed by atoms with Crippen molar-refractivity contribution in [2.24, 2.45) is 0 Å². The number of aromatic hydroxyl groups is 2. The van der Waals surface area contributed by atoms with E-state index in [1.54, 1.807) is 72.8 Å². The molecule has 4 aromatic carbocycles. The maximum absolute atomic E-state index is 10.6. The fourth-order valence-electron chi connectivity index (χ4n) is 2.76. The maximum Gasteiger partial charge on any atom is 1.00 e. The van der Waals surface area contributed by atoms with Crippen molar-refractivity contribution in [3.63, 3.8) is 0 Å². The quantitative estimate of drug-likeness (QED) is 0.0576. The van der Waals surface area contributed by atoms with Crippen molar-refractivity contribution in [1.29, 1.82) is 0 Å². The normalized spacial score (nSPS) is 8.30. The zero-order valence-corrected chi connectivity index (χ0v) is 30.0. The number of halogens is 2. The minimum Gasteiger partial charge on any atom is -0.870 e. The Kier molecular flexibility index (Phi) is 30.9. The summed E-state index contributed by atoms with van der Waals surface area (Å²) in [5.74, 6) is -0.512. The molecule has 0 aliphatic carbocycles. The Hall–Kier alpha value is -4.21. The first-order valence-electron chi connectivity index (χ1n) is 13.1. The number of para-hydroxylation sites is 8. The number of aromatic amines is 2. The largest absolute Gasteiger partial charge is 1.00 e. The van der Waals surface area contributed by atoms with Gasteiger partial charge in [-0.1, -0.05) is 76.2 Å². The second kappa shape index (κ2) is 29.2. The van der Waals surface area contributed by atoms with Crippen molar-refractivity contribution in [2.75, 3.05) is 11.5 Å². The molecule has 13 nitrogen and oxygen atoms in total. The van der Waals surface area contributed by atoms with E-state index in [9.17, 15) is 9.59 Å². The molecule has 2 aromatic heterocycles. The van der Waals surface area contributed by atoms with Crippen molar-refractivity contribution in [3.05, 3.63) is 118 Å². The Morgan fingerprint density at radius 2 is 0.872 bits per heavy atom. The van der Waals surface area contributed by atoms with E-state index in [2.05, 4.69) is 33.2 Å². The molecule has 6 rings (SSSR count). The molecule has 47 heavy (non-hydrogen) atoms. The van der Waals surface area contributed by atoms with Crippen LogP contribution in [0, 0.1) is 0 Å². The molecule has 0 atom stereocenters. The van der Waals surface area contributed by atoms with Gasteiger partial charge in [0.1, 0.15) is 11.5 Å². The van der Waals surface area contributed by atoms with Gasteiger partial charge in [0.25, 0.3) is 0 Å². The third-order valence-corrected chi connectivity index (χ3v) is 4.53. The molecule has 0 fully saturated rings. The standard InChI is InChI=1S/2C7H5NO2.2C6H7NO.2C2H6.CCl2O.Na.2H2O/c2*9-7-8-5-3-1-2-4-6(5)10-7;2*7-5-3-1-2-4-6(5)8;2*1-2;2-1(3)4;;;/h2*1-4H,(H,8,9);2*1-4,8H,7H2;2*1-2H3;;;2*1H2/q;;;;;;;+1;;/p-1. The summed E-state index contributed by atoms with van der Waals surface area (Å²) >= 11 is 8.80. The van der Waals surface area contributed by atoms with Crippen LogP contribution in [0.25, 0.3) is 22.2 Å². The van der Waals surface area contributed by atoms with Crippen LogP contribution >= 0.6 is 23.2 Å². The van der Waals surface area contributed by atoms with Crippen molar-refractivity contribution in [3.8, 4) is 11.5 Å². The van der Waals surface area contributed by atoms with Crippen molar-refractivity contribution in [2.45, 2.75) is 27.7 Å². The number of H-pyrrole nitrogens is 2. The molecule has 0 amide bonds. The predicted molar refractivity (Wildman–Crippen MR) is 184 cm³/mol. The number of carbonyl (C=O) groups is 1. The smallest absolute Gasteiger partial charge is 0.870 e. The number of benzene rings is 4. The summed E-state index contributed by atoms with van der Waals surface area (Å²) in [6.07, 6.45) is 0. The number of phenols is 2. The van der Waals surface area contributed by atoms with E-state index in [0.717, 1.165) is 11.0 Å². The second-order valence-corrected chi connectivity index (χ2v) is 8.24. The summed E-state index contributed by atoms with van der Waals surface area (Å²) in [5, 5.41) is 17.6. The Bertz CT molecular complexity index is 1530. The van der Waals surface area contributed by atoms with Gasteiger partial charge in [-0.3, -0.25) is 14.8 Å². The molecular weight excluding hydrogens is 666 g/mol. The first-order valence-corrected chi connectivity index (χ1v) is 13.9. The number of nitrogens with two attached hydrogens (primary N) is 2. The van der Waals surface area contributed by atoms with Gasteiger partial charge in [0.05, 0.1) is 22.4 Å². The zero-order chi connectivity index (χ0) is 33.5. The molecule has 0 aliphatic rings. The SMILES string of the molecule is CC.CC.Nc1ccccc1O.Nc1ccccc1O.O.O=C(Cl)Cl.O=c1[nH]c2ccccc2o1.O=c1[nH]c2ccccc2o1.[Na+].[OH-]. The van der Waals surface area contributed by atoms with Crippen LogP contribution in [0.3, 0.4) is 0 Å². The molecule has 16 heteroatoms. The molecule has 0 saturated heterocycles. The van der Waals surface area contributed by atoms with E-state index in [4.69, 9.17) is 35.3 Å². The van der Waals surface area contributed by atoms with E-state index in [1.165, 1.54) is 0 Å². The van der Waals surface area contributed by atoms with Gasteiger partial charge < -0.3 is 41.5 Å². The van der Waals surface area contributed by atoms with E-state index in [0.29, 0.717) is 22.5 Å². The molecule has 0 spiro atoms. The fraction of sp³-hybridized carbons (Fsp3) is 0.129. The summed E-state index contributed by atoms with van der Waals surface area (Å²) in [5.41, 5.74) is 14.1. The van der Waals surface area contributed by atoms with Gasteiger partial charge >= 0.3 is 45.8 Å². The van der Waals surface area contributed by atoms with Crippen LogP contribution < -0.4 is 52.5 Å².